The molecule has 2 atom stereocenters. The zero-order chi connectivity index (χ0) is 14.8. The number of imidazole rings is 1. The van der Waals surface area contributed by atoms with Crippen LogP contribution < -0.4 is 5.32 Å². The highest BCUT2D eigenvalue weighted by molar-refractivity contribution is 7.13. The monoisotopic (exact) mass is 305 g/mol. The maximum absolute atomic E-state index is 12.6. The molecule has 1 aliphatic heterocycles. The van der Waals surface area contributed by atoms with E-state index in [9.17, 15) is 4.79 Å². The van der Waals surface area contributed by atoms with Crippen molar-refractivity contribution in [3.8, 4) is 10.8 Å². The van der Waals surface area contributed by atoms with Crippen LogP contribution >= 0.6 is 11.3 Å². The molecule has 3 rings (SSSR count). The number of amides is 1. The van der Waals surface area contributed by atoms with E-state index in [-0.39, 0.29) is 5.91 Å². The van der Waals surface area contributed by atoms with Crippen molar-refractivity contribution in [2.45, 2.75) is 32.4 Å². The number of piperazine rings is 1. The highest BCUT2D eigenvalue weighted by atomic mass is 32.1. The third-order valence-electron chi connectivity index (χ3n) is 3.66. The molecule has 21 heavy (non-hydrogen) atoms. The molecule has 0 bridgehead atoms. The lowest BCUT2D eigenvalue weighted by Gasteiger charge is -2.37. The number of hydrogen-bond donors (Lipinski definition) is 2. The number of rotatable bonds is 3. The van der Waals surface area contributed by atoms with Crippen molar-refractivity contribution in [3.63, 3.8) is 0 Å². The van der Waals surface area contributed by atoms with Gasteiger partial charge in [-0.15, -0.1) is 11.3 Å². The lowest BCUT2D eigenvalue weighted by atomic mass is 10.1. The molecule has 2 N–H and O–H groups in total. The Hall–Kier alpha value is -1.73. The quantitative estimate of drug-likeness (QED) is 0.906. The molecule has 1 fully saturated rings. The van der Waals surface area contributed by atoms with E-state index in [1.165, 1.54) is 11.3 Å². The van der Waals surface area contributed by atoms with Crippen LogP contribution in [0.4, 0.5) is 0 Å². The van der Waals surface area contributed by atoms with Crippen molar-refractivity contribution in [1.82, 2.24) is 25.2 Å². The largest absolute Gasteiger partial charge is 0.343 e. The second-order valence-corrected chi connectivity index (χ2v) is 6.22. The molecule has 0 spiro atoms. The van der Waals surface area contributed by atoms with Crippen LogP contribution in [-0.4, -0.2) is 50.9 Å². The number of aromatic nitrogens is 3. The predicted molar refractivity (Wildman–Crippen MR) is 82.3 cm³/mol. The van der Waals surface area contributed by atoms with Gasteiger partial charge in [-0.25, -0.2) is 9.97 Å². The maximum atomic E-state index is 12.6. The molecule has 112 valence electrons. The average Bonchev–Trinajstić information content (AvgIpc) is 3.16. The van der Waals surface area contributed by atoms with Gasteiger partial charge in [0, 0.05) is 42.9 Å². The van der Waals surface area contributed by atoms with E-state index < -0.39 is 0 Å². The summed E-state index contributed by atoms with van der Waals surface area (Å²) in [5.74, 6) is 0.718. The second-order valence-electron chi connectivity index (χ2n) is 5.36. The number of nitrogens with one attached hydrogen (secondary N) is 2. The van der Waals surface area contributed by atoms with Crippen LogP contribution in [0.5, 0.6) is 0 Å². The standard InChI is InChI=1S/C14H19N5OS/c1-3-10-7-19(6-9(2)17-10)14(20)11-8-21-13(18-11)12-15-4-5-16-12/h4-5,8-10,17H,3,6-7H2,1-2H3,(H,15,16)/t9-,10+/m0/s1. The Balaban J connectivity index is 1.76. The molecule has 3 heterocycles. The van der Waals surface area contributed by atoms with Gasteiger partial charge in [0.25, 0.3) is 5.91 Å². The Bertz CT molecular complexity index is 609. The van der Waals surface area contributed by atoms with Crippen molar-refractivity contribution in [2.75, 3.05) is 13.1 Å². The molecule has 2 aromatic heterocycles. The zero-order valence-electron chi connectivity index (χ0n) is 12.2. The van der Waals surface area contributed by atoms with Crippen molar-refractivity contribution >= 4 is 17.2 Å². The minimum absolute atomic E-state index is 0.0101. The molecule has 0 saturated carbocycles. The average molecular weight is 305 g/mol. The van der Waals surface area contributed by atoms with E-state index in [2.05, 4.69) is 34.1 Å². The molecular weight excluding hydrogens is 286 g/mol. The molecule has 1 aliphatic rings. The third kappa shape index (κ3) is 2.98. The van der Waals surface area contributed by atoms with Gasteiger partial charge in [-0.3, -0.25) is 4.79 Å². The summed E-state index contributed by atoms with van der Waals surface area (Å²) in [6, 6.07) is 0.678. The molecule has 1 amide bonds. The minimum Gasteiger partial charge on any atom is -0.343 e. The van der Waals surface area contributed by atoms with Gasteiger partial charge in [0.15, 0.2) is 10.8 Å². The van der Waals surface area contributed by atoms with Crippen LogP contribution in [0.25, 0.3) is 10.8 Å². The minimum atomic E-state index is 0.0101. The van der Waals surface area contributed by atoms with E-state index in [0.29, 0.717) is 23.6 Å². The Morgan fingerprint density at radius 3 is 3.10 bits per heavy atom. The Labute approximate surface area is 127 Å². The van der Waals surface area contributed by atoms with E-state index in [1.54, 1.807) is 12.4 Å². The van der Waals surface area contributed by atoms with Gasteiger partial charge in [0.2, 0.25) is 0 Å². The summed E-state index contributed by atoms with van der Waals surface area (Å²) in [6.45, 7) is 5.71. The van der Waals surface area contributed by atoms with Crippen LogP contribution in [-0.2, 0) is 0 Å². The highest BCUT2D eigenvalue weighted by Crippen LogP contribution is 2.21. The van der Waals surface area contributed by atoms with Crippen molar-refractivity contribution < 1.29 is 4.79 Å². The van der Waals surface area contributed by atoms with E-state index in [0.717, 1.165) is 24.5 Å². The summed E-state index contributed by atoms with van der Waals surface area (Å²) in [7, 11) is 0. The fraction of sp³-hybridized carbons (Fsp3) is 0.500. The number of carbonyl (C=O) groups is 1. The fourth-order valence-electron chi connectivity index (χ4n) is 2.62. The number of aromatic amines is 1. The van der Waals surface area contributed by atoms with Crippen molar-refractivity contribution in [1.29, 1.82) is 0 Å². The summed E-state index contributed by atoms with van der Waals surface area (Å²) in [5.41, 5.74) is 0.510. The lowest BCUT2D eigenvalue weighted by Crippen LogP contribution is -2.56. The highest BCUT2D eigenvalue weighted by Gasteiger charge is 2.28. The number of hydrogen-bond acceptors (Lipinski definition) is 5. The fourth-order valence-corrected chi connectivity index (χ4v) is 3.37. The summed E-state index contributed by atoms with van der Waals surface area (Å²) in [5, 5.41) is 6.07. The zero-order valence-corrected chi connectivity index (χ0v) is 13.0. The Morgan fingerprint density at radius 2 is 2.38 bits per heavy atom. The summed E-state index contributed by atoms with van der Waals surface area (Å²) >= 11 is 1.44. The first-order chi connectivity index (χ1) is 10.2. The van der Waals surface area contributed by atoms with Gasteiger partial charge in [-0.1, -0.05) is 6.92 Å². The smallest absolute Gasteiger partial charge is 0.273 e. The number of thiazole rings is 1. The van der Waals surface area contributed by atoms with Crippen LogP contribution in [0.3, 0.4) is 0 Å². The SMILES string of the molecule is CC[C@@H]1CN(C(=O)c2csc(-c3ncc[nH]3)n2)C[C@H](C)N1. The summed E-state index contributed by atoms with van der Waals surface area (Å²) < 4.78 is 0. The molecule has 6 nitrogen and oxygen atoms in total. The summed E-state index contributed by atoms with van der Waals surface area (Å²) in [4.78, 5) is 26.1. The normalized spacial score (nSPS) is 22.5. The Morgan fingerprint density at radius 1 is 1.52 bits per heavy atom. The number of carbonyl (C=O) groups excluding carboxylic acids is 1. The molecule has 0 radical (unpaired) electrons. The van der Waals surface area contributed by atoms with E-state index >= 15 is 0 Å². The molecule has 0 aliphatic carbocycles. The number of H-pyrrole nitrogens is 1. The first-order valence-electron chi connectivity index (χ1n) is 7.18. The van der Waals surface area contributed by atoms with Gasteiger partial charge in [-0.05, 0) is 13.3 Å². The maximum Gasteiger partial charge on any atom is 0.273 e. The summed E-state index contributed by atoms with van der Waals surface area (Å²) in [6.07, 6.45) is 4.45. The van der Waals surface area contributed by atoms with Crippen LogP contribution in [0.1, 0.15) is 30.8 Å². The van der Waals surface area contributed by atoms with Gasteiger partial charge >= 0.3 is 0 Å². The van der Waals surface area contributed by atoms with Gasteiger partial charge in [-0.2, -0.15) is 0 Å². The topological polar surface area (TPSA) is 73.9 Å². The van der Waals surface area contributed by atoms with Crippen molar-refractivity contribution in [2.24, 2.45) is 0 Å². The second kappa shape index (κ2) is 5.95. The third-order valence-corrected chi connectivity index (χ3v) is 4.51. The molecule has 0 unspecified atom stereocenters. The van der Waals surface area contributed by atoms with E-state index in [4.69, 9.17) is 0 Å². The Kier molecular flexibility index (Phi) is 4.03. The molecule has 2 aromatic rings. The van der Waals surface area contributed by atoms with Crippen LogP contribution in [0, 0.1) is 0 Å². The van der Waals surface area contributed by atoms with Gasteiger partial charge in [0.1, 0.15) is 5.69 Å². The first-order valence-corrected chi connectivity index (χ1v) is 8.06. The molecule has 1 saturated heterocycles. The van der Waals surface area contributed by atoms with Crippen LogP contribution in [0.2, 0.25) is 0 Å². The van der Waals surface area contributed by atoms with Gasteiger partial charge in [0.05, 0.1) is 0 Å². The molecular formula is C14H19N5OS. The van der Waals surface area contributed by atoms with Crippen LogP contribution in [0.15, 0.2) is 17.8 Å². The lowest BCUT2D eigenvalue weighted by molar-refractivity contribution is 0.0658. The molecule has 0 aromatic carbocycles. The van der Waals surface area contributed by atoms with Crippen molar-refractivity contribution in [3.05, 3.63) is 23.5 Å². The molecule has 7 heteroatoms. The van der Waals surface area contributed by atoms with Gasteiger partial charge < -0.3 is 15.2 Å². The number of nitrogens with zero attached hydrogens (tertiary/aromatic N) is 3. The first kappa shape index (κ1) is 14.2. The predicted octanol–water partition coefficient (Wildman–Crippen LogP) is 1.75. The van der Waals surface area contributed by atoms with E-state index in [1.807, 2.05) is 10.3 Å².